The van der Waals surface area contributed by atoms with E-state index in [2.05, 4.69) is 0 Å². The van der Waals surface area contributed by atoms with E-state index in [0.717, 1.165) is 18.2 Å². The van der Waals surface area contributed by atoms with E-state index in [0.29, 0.717) is 0 Å². The number of halogens is 3. The summed E-state index contributed by atoms with van der Waals surface area (Å²) >= 11 is 0. The van der Waals surface area contributed by atoms with Gasteiger partial charge in [0, 0.05) is 5.54 Å². The van der Waals surface area contributed by atoms with Gasteiger partial charge in [0.15, 0.2) is 0 Å². The van der Waals surface area contributed by atoms with Crippen molar-refractivity contribution in [3.05, 3.63) is 29.3 Å². The van der Waals surface area contributed by atoms with Crippen molar-refractivity contribution in [3.8, 4) is 5.75 Å². The van der Waals surface area contributed by atoms with Gasteiger partial charge in [0.05, 0.1) is 5.56 Å². The molecule has 3 N–H and O–H groups in total. The first-order valence-electron chi connectivity index (χ1n) is 4.77. The fraction of sp³-hybridized carbons (Fsp3) is 0.455. The molecule has 0 aromatic heterocycles. The molecule has 2 nitrogen and oxygen atoms in total. The number of phenols is 1. The fourth-order valence-electron chi connectivity index (χ4n) is 1.39. The summed E-state index contributed by atoms with van der Waals surface area (Å²) in [6, 6.07) is 2.83. The Morgan fingerprint density at radius 2 is 1.81 bits per heavy atom. The molecule has 0 amide bonds. The van der Waals surface area contributed by atoms with Crippen molar-refractivity contribution in [2.75, 3.05) is 0 Å². The lowest BCUT2D eigenvalue weighted by atomic mass is 9.94. The van der Waals surface area contributed by atoms with E-state index in [4.69, 9.17) is 5.73 Å². The Morgan fingerprint density at radius 1 is 1.25 bits per heavy atom. The third-order valence-electron chi connectivity index (χ3n) is 2.05. The van der Waals surface area contributed by atoms with Crippen LogP contribution in [0, 0.1) is 0 Å². The maximum absolute atomic E-state index is 12.4. The van der Waals surface area contributed by atoms with Crippen LogP contribution in [0.4, 0.5) is 13.2 Å². The van der Waals surface area contributed by atoms with Gasteiger partial charge in [-0.1, -0.05) is 0 Å². The summed E-state index contributed by atoms with van der Waals surface area (Å²) in [6.45, 7) is 3.37. The molecule has 0 radical (unpaired) electrons. The van der Waals surface area contributed by atoms with Crippen LogP contribution in [0.3, 0.4) is 0 Å². The van der Waals surface area contributed by atoms with E-state index in [9.17, 15) is 18.3 Å². The minimum atomic E-state index is -4.40. The molecular formula is C11H14F3NO. The second-order valence-electron chi connectivity index (χ2n) is 4.51. The molecule has 0 heterocycles. The molecular weight excluding hydrogens is 219 g/mol. The highest BCUT2D eigenvalue weighted by Crippen LogP contribution is 2.33. The predicted molar refractivity (Wildman–Crippen MR) is 55.1 cm³/mol. The molecule has 5 heteroatoms. The highest BCUT2D eigenvalue weighted by molar-refractivity contribution is 5.38. The maximum atomic E-state index is 12.4. The van der Waals surface area contributed by atoms with Gasteiger partial charge in [-0.25, -0.2) is 0 Å². The van der Waals surface area contributed by atoms with Crippen LogP contribution in [0.25, 0.3) is 0 Å². The van der Waals surface area contributed by atoms with Crippen molar-refractivity contribution in [2.24, 2.45) is 5.73 Å². The Labute approximate surface area is 91.9 Å². The van der Waals surface area contributed by atoms with Crippen LogP contribution >= 0.6 is 0 Å². The molecule has 0 aliphatic rings. The number of hydrogen-bond acceptors (Lipinski definition) is 2. The smallest absolute Gasteiger partial charge is 0.416 e. The van der Waals surface area contributed by atoms with Gasteiger partial charge in [-0.05, 0) is 44.0 Å². The Morgan fingerprint density at radius 3 is 2.25 bits per heavy atom. The standard InChI is InChI=1S/C11H14F3NO/c1-10(2,15)6-7-5-8(11(12,13)14)3-4-9(7)16/h3-5,16H,6,15H2,1-2H3. The average Bonchev–Trinajstić information content (AvgIpc) is 2.04. The van der Waals surface area contributed by atoms with Crippen molar-refractivity contribution >= 4 is 0 Å². The number of nitrogens with two attached hydrogens (primary N) is 1. The first kappa shape index (κ1) is 12.8. The summed E-state index contributed by atoms with van der Waals surface area (Å²) in [4.78, 5) is 0. The molecule has 90 valence electrons. The van der Waals surface area contributed by atoms with Crippen molar-refractivity contribution in [1.82, 2.24) is 0 Å². The number of rotatable bonds is 2. The Kier molecular flexibility index (Phi) is 3.19. The molecule has 1 aromatic rings. The molecule has 16 heavy (non-hydrogen) atoms. The van der Waals surface area contributed by atoms with Crippen LogP contribution in [-0.4, -0.2) is 10.6 Å². The zero-order chi connectivity index (χ0) is 12.6. The lowest BCUT2D eigenvalue weighted by Crippen LogP contribution is -2.34. The molecule has 0 saturated carbocycles. The Hall–Kier alpha value is -1.23. The molecule has 0 aliphatic heterocycles. The zero-order valence-electron chi connectivity index (χ0n) is 9.10. The van der Waals surface area contributed by atoms with Gasteiger partial charge < -0.3 is 10.8 Å². The minimum absolute atomic E-state index is 0.161. The normalized spacial score (nSPS) is 12.9. The van der Waals surface area contributed by atoms with Crippen LogP contribution in [0.5, 0.6) is 5.75 Å². The summed E-state index contributed by atoms with van der Waals surface area (Å²) in [5.41, 5.74) is 4.48. The molecule has 1 aromatic carbocycles. The van der Waals surface area contributed by atoms with E-state index in [1.54, 1.807) is 13.8 Å². The maximum Gasteiger partial charge on any atom is 0.416 e. The molecule has 0 fully saturated rings. The lowest BCUT2D eigenvalue weighted by Gasteiger charge is -2.20. The van der Waals surface area contributed by atoms with E-state index in [-0.39, 0.29) is 17.7 Å². The first-order valence-corrected chi connectivity index (χ1v) is 4.77. The minimum Gasteiger partial charge on any atom is -0.508 e. The van der Waals surface area contributed by atoms with Gasteiger partial charge in [-0.15, -0.1) is 0 Å². The van der Waals surface area contributed by atoms with Gasteiger partial charge in [0.2, 0.25) is 0 Å². The van der Waals surface area contributed by atoms with Gasteiger partial charge in [-0.3, -0.25) is 0 Å². The number of aromatic hydroxyl groups is 1. The predicted octanol–water partition coefficient (Wildman–Crippen LogP) is 2.69. The van der Waals surface area contributed by atoms with Gasteiger partial charge in [0.25, 0.3) is 0 Å². The lowest BCUT2D eigenvalue weighted by molar-refractivity contribution is -0.137. The third-order valence-corrected chi connectivity index (χ3v) is 2.05. The molecule has 0 atom stereocenters. The molecule has 0 unspecified atom stereocenters. The van der Waals surface area contributed by atoms with E-state index < -0.39 is 17.3 Å². The summed E-state index contributed by atoms with van der Waals surface area (Å²) in [5, 5.41) is 9.44. The quantitative estimate of drug-likeness (QED) is 0.825. The van der Waals surface area contributed by atoms with Gasteiger partial charge in [-0.2, -0.15) is 13.2 Å². The summed E-state index contributed by atoms with van der Waals surface area (Å²) in [7, 11) is 0. The first-order chi connectivity index (χ1) is 7.09. The van der Waals surface area contributed by atoms with E-state index >= 15 is 0 Å². The van der Waals surface area contributed by atoms with Gasteiger partial charge in [0.1, 0.15) is 5.75 Å². The largest absolute Gasteiger partial charge is 0.508 e. The average molecular weight is 233 g/mol. The molecule has 0 saturated heterocycles. The Balaban J connectivity index is 3.10. The van der Waals surface area contributed by atoms with Crippen molar-refractivity contribution in [2.45, 2.75) is 32.0 Å². The second-order valence-corrected chi connectivity index (χ2v) is 4.51. The third kappa shape index (κ3) is 3.41. The summed E-state index contributed by atoms with van der Waals surface area (Å²) in [6.07, 6.45) is -4.22. The number of phenolic OH excluding ortho intramolecular Hbond substituents is 1. The van der Waals surface area contributed by atoms with Crippen molar-refractivity contribution in [1.29, 1.82) is 0 Å². The molecule has 0 aliphatic carbocycles. The van der Waals surface area contributed by atoms with Crippen LogP contribution in [0.15, 0.2) is 18.2 Å². The van der Waals surface area contributed by atoms with Crippen LogP contribution in [0.1, 0.15) is 25.0 Å². The molecule has 0 bridgehead atoms. The van der Waals surface area contributed by atoms with Crippen LogP contribution in [-0.2, 0) is 12.6 Å². The zero-order valence-corrected chi connectivity index (χ0v) is 9.10. The second kappa shape index (κ2) is 3.97. The topological polar surface area (TPSA) is 46.2 Å². The highest BCUT2D eigenvalue weighted by atomic mass is 19.4. The van der Waals surface area contributed by atoms with E-state index in [1.165, 1.54) is 0 Å². The molecule has 1 rings (SSSR count). The number of alkyl halides is 3. The van der Waals surface area contributed by atoms with Crippen molar-refractivity contribution in [3.63, 3.8) is 0 Å². The summed E-state index contributed by atoms with van der Waals surface area (Å²) < 4.78 is 37.3. The molecule has 0 spiro atoms. The Bertz CT molecular complexity index is 380. The van der Waals surface area contributed by atoms with Crippen LogP contribution < -0.4 is 5.73 Å². The van der Waals surface area contributed by atoms with Gasteiger partial charge >= 0.3 is 6.18 Å². The fourth-order valence-corrected chi connectivity index (χ4v) is 1.39. The van der Waals surface area contributed by atoms with Crippen LogP contribution in [0.2, 0.25) is 0 Å². The monoisotopic (exact) mass is 233 g/mol. The SMILES string of the molecule is CC(C)(N)Cc1cc(C(F)(F)F)ccc1O. The van der Waals surface area contributed by atoms with E-state index in [1.807, 2.05) is 0 Å². The number of hydrogen-bond donors (Lipinski definition) is 2. The highest BCUT2D eigenvalue weighted by Gasteiger charge is 2.31. The summed E-state index contributed by atoms with van der Waals surface area (Å²) in [5.74, 6) is -0.161. The van der Waals surface area contributed by atoms with Crippen molar-refractivity contribution < 1.29 is 18.3 Å². The number of benzene rings is 1.